The monoisotopic (exact) mass is 374 g/mol. The van der Waals surface area contributed by atoms with Crippen LogP contribution in [0.5, 0.6) is 0 Å². The normalized spacial score (nSPS) is 26.1. The fourth-order valence-electron chi connectivity index (χ4n) is 4.64. The largest absolute Gasteiger partial charge is 0.478 e. The second kappa shape index (κ2) is 7.42. The molecule has 4 heteroatoms. The lowest BCUT2D eigenvalue weighted by molar-refractivity contribution is 0.220. The van der Waals surface area contributed by atoms with Crippen molar-refractivity contribution < 1.29 is 9.47 Å². The third kappa shape index (κ3) is 3.11. The van der Waals surface area contributed by atoms with E-state index < -0.39 is 0 Å². The molecule has 0 aromatic heterocycles. The summed E-state index contributed by atoms with van der Waals surface area (Å²) in [6.45, 7) is 1.22. The first-order valence-corrected chi connectivity index (χ1v) is 10.4. The van der Waals surface area contributed by atoms with E-state index in [1.165, 1.54) is 17.5 Å². The third-order valence-corrected chi connectivity index (χ3v) is 6.20. The molecule has 2 heterocycles. The Bertz CT molecular complexity index is 802. The number of rotatable bonds is 4. The van der Waals surface area contributed by atoms with E-state index in [0.717, 1.165) is 37.5 Å². The number of ether oxygens (including phenoxy) is 2. The SMILES string of the molecule is c1ccc([C@H]2COC(C3(C4=N[C@@H](c5ccccc5)CO4)CCCCC3)=N2)cc1. The summed E-state index contributed by atoms with van der Waals surface area (Å²) < 4.78 is 12.4. The summed E-state index contributed by atoms with van der Waals surface area (Å²) in [5.74, 6) is 1.68. The Kier molecular flexibility index (Phi) is 4.63. The standard InChI is InChI=1S/C24H26N2O2/c1-4-10-18(11-5-1)20-16-27-22(25-20)24(14-8-3-9-15-24)23-26-21(17-28-23)19-12-6-2-7-13-19/h1-2,4-7,10-13,20-21H,3,8-9,14-17H2/t20-,21-/m1/s1. The molecule has 0 unspecified atom stereocenters. The van der Waals surface area contributed by atoms with Gasteiger partial charge in [0.2, 0.25) is 0 Å². The third-order valence-electron chi connectivity index (χ3n) is 6.20. The lowest BCUT2D eigenvalue weighted by Gasteiger charge is -2.35. The maximum absolute atomic E-state index is 6.21. The molecule has 0 N–H and O–H groups in total. The van der Waals surface area contributed by atoms with Gasteiger partial charge in [-0.15, -0.1) is 0 Å². The quantitative estimate of drug-likeness (QED) is 0.731. The van der Waals surface area contributed by atoms with E-state index in [4.69, 9.17) is 19.5 Å². The van der Waals surface area contributed by atoms with Crippen LogP contribution in [0, 0.1) is 5.41 Å². The number of aliphatic imine (C=N–C) groups is 2. The Labute approximate surface area is 166 Å². The second-order valence-electron chi connectivity index (χ2n) is 7.99. The highest BCUT2D eigenvalue weighted by Crippen LogP contribution is 2.45. The zero-order valence-corrected chi connectivity index (χ0v) is 16.1. The Hall–Kier alpha value is -2.62. The van der Waals surface area contributed by atoms with Crippen LogP contribution in [0.1, 0.15) is 55.3 Å². The van der Waals surface area contributed by atoms with Crippen LogP contribution in [0.2, 0.25) is 0 Å². The molecule has 0 spiro atoms. The minimum Gasteiger partial charge on any atom is -0.478 e. The van der Waals surface area contributed by atoms with Crippen LogP contribution in [0.15, 0.2) is 70.6 Å². The Morgan fingerprint density at radius 2 is 1.11 bits per heavy atom. The summed E-state index contributed by atoms with van der Waals surface area (Å²) in [7, 11) is 0. The van der Waals surface area contributed by atoms with Crippen molar-refractivity contribution in [3.63, 3.8) is 0 Å². The van der Waals surface area contributed by atoms with Gasteiger partial charge in [-0.1, -0.05) is 79.9 Å². The van der Waals surface area contributed by atoms with Crippen LogP contribution in [0.3, 0.4) is 0 Å². The van der Waals surface area contributed by atoms with Gasteiger partial charge in [-0.3, -0.25) is 0 Å². The predicted molar refractivity (Wildman–Crippen MR) is 111 cm³/mol. The van der Waals surface area contributed by atoms with Crippen LogP contribution < -0.4 is 0 Å². The maximum Gasteiger partial charge on any atom is 0.200 e. The van der Waals surface area contributed by atoms with Crippen molar-refractivity contribution in [2.75, 3.05) is 13.2 Å². The molecule has 2 aromatic carbocycles. The average molecular weight is 374 g/mol. The smallest absolute Gasteiger partial charge is 0.200 e. The van der Waals surface area contributed by atoms with Gasteiger partial charge in [0, 0.05) is 0 Å². The van der Waals surface area contributed by atoms with E-state index in [1.54, 1.807) is 0 Å². The van der Waals surface area contributed by atoms with Gasteiger partial charge in [0.1, 0.15) is 30.7 Å². The summed E-state index contributed by atoms with van der Waals surface area (Å²) in [5.41, 5.74) is 2.13. The first-order valence-electron chi connectivity index (χ1n) is 10.4. The van der Waals surface area contributed by atoms with Crippen molar-refractivity contribution in [2.24, 2.45) is 15.4 Å². The molecule has 0 saturated heterocycles. The van der Waals surface area contributed by atoms with Crippen LogP contribution in [0.4, 0.5) is 0 Å². The molecule has 0 amide bonds. The van der Waals surface area contributed by atoms with E-state index in [9.17, 15) is 0 Å². The first-order chi connectivity index (χ1) is 13.9. The highest BCUT2D eigenvalue weighted by Gasteiger charge is 2.49. The fourth-order valence-corrected chi connectivity index (χ4v) is 4.64. The summed E-state index contributed by atoms with van der Waals surface area (Å²) in [6, 6.07) is 21.0. The number of hydrogen-bond acceptors (Lipinski definition) is 4. The number of benzene rings is 2. The molecular weight excluding hydrogens is 348 g/mol. The Balaban J connectivity index is 1.47. The van der Waals surface area contributed by atoms with Gasteiger partial charge in [-0.05, 0) is 24.0 Å². The Morgan fingerprint density at radius 3 is 1.57 bits per heavy atom. The molecular formula is C24H26N2O2. The molecule has 2 aromatic rings. The molecule has 1 aliphatic carbocycles. The number of nitrogens with zero attached hydrogens (tertiary/aromatic N) is 2. The molecule has 4 nitrogen and oxygen atoms in total. The lowest BCUT2D eigenvalue weighted by atomic mass is 9.73. The highest BCUT2D eigenvalue weighted by molar-refractivity contribution is 6.06. The first kappa shape index (κ1) is 17.5. The van der Waals surface area contributed by atoms with Crippen LogP contribution in [-0.2, 0) is 9.47 Å². The fraction of sp³-hybridized carbons (Fsp3) is 0.417. The van der Waals surface area contributed by atoms with Gasteiger partial charge in [0.15, 0.2) is 11.8 Å². The molecule has 1 fully saturated rings. The molecule has 1 saturated carbocycles. The molecule has 2 aliphatic heterocycles. The van der Waals surface area contributed by atoms with Gasteiger partial charge in [0.05, 0.1) is 0 Å². The predicted octanol–water partition coefficient (Wildman–Crippen LogP) is 5.28. The van der Waals surface area contributed by atoms with Crippen molar-refractivity contribution >= 4 is 11.8 Å². The maximum atomic E-state index is 6.21. The van der Waals surface area contributed by atoms with Crippen LogP contribution in [0.25, 0.3) is 0 Å². The van der Waals surface area contributed by atoms with E-state index in [-0.39, 0.29) is 17.5 Å². The van der Waals surface area contributed by atoms with Crippen LogP contribution >= 0.6 is 0 Å². The summed E-state index contributed by atoms with van der Waals surface area (Å²) in [6.07, 6.45) is 5.60. The molecule has 2 atom stereocenters. The molecule has 5 rings (SSSR count). The van der Waals surface area contributed by atoms with Gasteiger partial charge < -0.3 is 9.47 Å². The minimum atomic E-state index is -0.286. The van der Waals surface area contributed by atoms with Crippen molar-refractivity contribution in [1.29, 1.82) is 0 Å². The molecule has 0 radical (unpaired) electrons. The highest BCUT2D eigenvalue weighted by atomic mass is 16.5. The number of hydrogen-bond donors (Lipinski definition) is 0. The summed E-state index contributed by atoms with van der Waals surface area (Å²) in [4.78, 5) is 10.1. The zero-order chi connectivity index (χ0) is 18.8. The average Bonchev–Trinajstić information content (AvgIpc) is 3.46. The topological polar surface area (TPSA) is 43.2 Å². The summed E-state index contributed by atoms with van der Waals surface area (Å²) >= 11 is 0. The van der Waals surface area contributed by atoms with Gasteiger partial charge in [0.25, 0.3) is 0 Å². The van der Waals surface area contributed by atoms with Gasteiger partial charge >= 0.3 is 0 Å². The van der Waals surface area contributed by atoms with E-state index in [0.29, 0.717) is 13.2 Å². The van der Waals surface area contributed by atoms with Crippen molar-refractivity contribution in [3.05, 3.63) is 71.8 Å². The summed E-state index contributed by atoms with van der Waals surface area (Å²) in [5, 5.41) is 0. The van der Waals surface area contributed by atoms with Gasteiger partial charge in [-0.2, -0.15) is 0 Å². The second-order valence-corrected chi connectivity index (χ2v) is 7.99. The van der Waals surface area contributed by atoms with Crippen molar-refractivity contribution in [3.8, 4) is 0 Å². The van der Waals surface area contributed by atoms with Crippen molar-refractivity contribution in [2.45, 2.75) is 44.2 Å². The Morgan fingerprint density at radius 1 is 0.643 bits per heavy atom. The zero-order valence-electron chi connectivity index (χ0n) is 16.1. The van der Waals surface area contributed by atoms with Crippen molar-refractivity contribution in [1.82, 2.24) is 0 Å². The molecule has 3 aliphatic rings. The lowest BCUT2D eigenvalue weighted by Crippen LogP contribution is -2.41. The van der Waals surface area contributed by atoms with E-state index >= 15 is 0 Å². The van der Waals surface area contributed by atoms with Crippen LogP contribution in [-0.4, -0.2) is 25.0 Å². The minimum absolute atomic E-state index is 0.0712. The van der Waals surface area contributed by atoms with E-state index in [2.05, 4.69) is 48.5 Å². The molecule has 0 bridgehead atoms. The van der Waals surface area contributed by atoms with Gasteiger partial charge in [-0.25, -0.2) is 9.98 Å². The van der Waals surface area contributed by atoms with E-state index in [1.807, 2.05) is 12.1 Å². The molecule has 144 valence electrons. The molecule has 28 heavy (non-hydrogen) atoms.